The summed E-state index contributed by atoms with van der Waals surface area (Å²) in [6, 6.07) is 0.793. The standard InChI is InChI=1S/C14H28N2/c1-4-13(3)16-10-7-14(8-11-16)6-9-15(5-2)12-14/h13H,4-12H2,1-3H3. The van der Waals surface area contributed by atoms with Gasteiger partial charge in [-0.15, -0.1) is 0 Å². The number of nitrogens with zero attached hydrogens (tertiary/aromatic N) is 2. The smallest absolute Gasteiger partial charge is 0.00643 e. The Morgan fingerprint density at radius 2 is 1.69 bits per heavy atom. The van der Waals surface area contributed by atoms with E-state index in [2.05, 4.69) is 30.6 Å². The first-order valence-electron chi connectivity index (χ1n) is 7.15. The van der Waals surface area contributed by atoms with E-state index in [1.54, 1.807) is 0 Å². The number of likely N-dealkylation sites (tertiary alicyclic amines) is 2. The lowest BCUT2D eigenvalue weighted by atomic mass is 9.77. The average molecular weight is 224 g/mol. The van der Waals surface area contributed by atoms with E-state index in [1.807, 2.05) is 0 Å². The van der Waals surface area contributed by atoms with Crippen molar-refractivity contribution < 1.29 is 0 Å². The molecule has 2 saturated heterocycles. The second kappa shape index (κ2) is 5.05. The summed E-state index contributed by atoms with van der Waals surface area (Å²) in [5.74, 6) is 0. The van der Waals surface area contributed by atoms with Crippen molar-refractivity contribution in [2.75, 3.05) is 32.7 Å². The Morgan fingerprint density at radius 3 is 2.19 bits per heavy atom. The van der Waals surface area contributed by atoms with Crippen LogP contribution in [0.25, 0.3) is 0 Å². The average Bonchev–Trinajstić information content (AvgIpc) is 2.73. The van der Waals surface area contributed by atoms with E-state index in [9.17, 15) is 0 Å². The molecule has 0 amide bonds. The van der Waals surface area contributed by atoms with E-state index < -0.39 is 0 Å². The van der Waals surface area contributed by atoms with Gasteiger partial charge in [0, 0.05) is 12.6 Å². The summed E-state index contributed by atoms with van der Waals surface area (Å²) >= 11 is 0. The lowest BCUT2D eigenvalue weighted by Gasteiger charge is -2.41. The Balaban J connectivity index is 1.85. The number of hydrogen-bond donors (Lipinski definition) is 0. The van der Waals surface area contributed by atoms with Crippen LogP contribution < -0.4 is 0 Å². The van der Waals surface area contributed by atoms with Gasteiger partial charge in [0.05, 0.1) is 0 Å². The molecule has 16 heavy (non-hydrogen) atoms. The molecular weight excluding hydrogens is 196 g/mol. The number of piperidine rings is 1. The first-order chi connectivity index (χ1) is 7.69. The second-order valence-electron chi connectivity index (χ2n) is 5.91. The quantitative estimate of drug-likeness (QED) is 0.727. The summed E-state index contributed by atoms with van der Waals surface area (Å²) in [5.41, 5.74) is 0.694. The largest absolute Gasteiger partial charge is 0.303 e. The second-order valence-corrected chi connectivity index (χ2v) is 5.91. The summed E-state index contributed by atoms with van der Waals surface area (Å²) < 4.78 is 0. The minimum atomic E-state index is 0.694. The highest BCUT2D eigenvalue weighted by Crippen LogP contribution is 2.40. The van der Waals surface area contributed by atoms with E-state index in [-0.39, 0.29) is 0 Å². The molecule has 0 saturated carbocycles. The fourth-order valence-electron chi connectivity index (χ4n) is 3.40. The molecule has 2 fully saturated rings. The zero-order chi connectivity index (χ0) is 11.6. The van der Waals surface area contributed by atoms with Crippen molar-refractivity contribution in [2.24, 2.45) is 5.41 Å². The summed E-state index contributed by atoms with van der Waals surface area (Å²) in [4.78, 5) is 5.33. The van der Waals surface area contributed by atoms with Crippen LogP contribution in [0.2, 0.25) is 0 Å². The van der Waals surface area contributed by atoms with Gasteiger partial charge >= 0.3 is 0 Å². The van der Waals surface area contributed by atoms with Crippen molar-refractivity contribution in [2.45, 2.75) is 52.5 Å². The Morgan fingerprint density at radius 1 is 1.06 bits per heavy atom. The van der Waals surface area contributed by atoms with Crippen LogP contribution in [-0.2, 0) is 0 Å². The number of rotatable bonds is 3. The molecule has 0 aromatic carbocycles. The van der Waals surface area contributed by atoms with E-state index in [4.69, 9.17) is 0 Å². The van der Waals surface area contributed by atoms with Crippen LogP contribution in [0.15, 0.2) is 0 Å². The molecule has 1 unspecified atom stereocenters. The molecule has 2 nitrogen and oxygen atoms in total. The number of hydrogen-bond acceptors (Lipinski definition) is 2. The van der Waals surface area contributed by atoms with Crippen LogP contribution in [0.4, 0.5) is 0 Å². The van der Waals surface area contributed by atoms with E-state index in [0.29, 0.717) is 5.41 Å². The van der Waals surface area contributed by atoms with Gasteiger partial charge in [0.25, 0.3) is 0 Å². The van der Waals surface area contributed by atoms with Gasteiger partial charge in [-0.1, -0.05) is 13.8 Å². The van der Waals surface area contributed by atoms with Crippen molar-refractivity contribution in [1.29, 1.82) is 0 Å². The predicted octanol–water partition coefficient (Wildman–Crippen LogP) is 2.59. The lowest BCUT2D eigenvalue weighted by molar-refractivity contribution is 0.0808. The molecule has 0 N–H and O–H groups in total. The zero-order valence-electron chi connectivity index (χ0n) is 11.3. The molecule has 2 rings (SSSR count). The zero-order valence-corrected chi connectivity index (χ0v) is 11.3. The Bertz CT molecular complexity index is 219. The molecule has 2 heterocycles. The highest BCUT2D eigenvalue weighted by molar-refractivity contribution is 4.94. The monoisotopic (exact) mass is 224 g/mol. The molecule has 0 bridgehead atoms. The van der Waals surface area contributed by atoms with Crippen LogP contribution in [0, 0.1) is 5.41 Å². The molecule has 0 aliphatic carbocycles. The van der Waals surface area contributed by atoms with Crippen LogP contribution >= 0.6 is 0 Å². The third kappa shape index (κ3) is 2.43. The van der Waals surface area contributed by atoms with Gasteiger partial charge in [-0.2, -0.15) is 0 Å². The first kappa shape index (κ1) is 12.4. The molecule has 1 atom stereocenters. The summed E-state index contributed by atoms with van der Waals surface area (Å²) in [6.07, 6.45) is 5.63. The van der Waals surface area contributed by atoms with Crippen molar-refractivity contribution in [3.05, 3.63) is 0 Å². The van der Waals surface area contributed by atoms with Crippen LogP contribution in [0.5, 0.6) is 0 Å². The van der Waals surface area contributed by atoms with Gasteiger partial charge in [-0.25, -0.2) is 0 Å². The van der Waals surface area contributed by atoms with E-state index in [0.717, 1.165) is 6.04 Å². The Kier molecular flexibility index (Phi) is 3.91. The Hall–Kier alpha value is -0.0800. The predicted molar refractivity (Wildman–Crippen MR) is 69.7 cm³/mol. The fourth-order valence-corrected chi connectivity index (χ4v) is 3.40. The summed E-state index contributed by atoms with van der Waals surface area (Å²) in [7, 11) is 0. The van der Waals surface area contributed by atoms with Gasteiger partial charge in [-0.3, -0.25) is 0 Å². The summed E-state index contributed by atoms with van der Waals surface area (Å²) in [5, 5.41) is 0. The van der Waals surface area contributed by atoms with Gasteiger partial charge in [0.2, 0.25) is 0 Å². The maximum absolute atomic E-state index is 2.69. The van der Waals surface area contributed by atoms with Crippen molar-refractivity contribution in [3.63, 3.8) is 0 Å². The molecule has 0 aromatic rings. The van der Waals surface area contributed by atoms with Gasteiger partial charge in [0.15, 0.2) is 0 Å². The molecule has 1 spiro atoms. The SMILES string of the molecule is CCC(C)N1CCC2(CCN(CC)C2)CC1. The minimum absolute atomic E-state index is 0.694. The highest BCUT2D eigenvalue weighted by Gasteiger charge is 2.40. The molecule has 2 aliphatic rings. The van der Waals surface area contributed by atoms with Gasteiger partial charge in [0.1, 0.15) is 0 Å². The topological polar surface area (TPSA) is 6.48 Å². The minimum Gasteiger partial charge on any atom is -0.303 e. The third-order valence-corrected chi connectivity index (χ3v) is 5.04. The molecule has 0 aromatic heterocycles. The van der Waals surface area contributed by atoms with Crippen molar-refractivity contribution in [1.82, 2.24) is 9.80 Å². The third-order valence-electron chi connectivity index (χ3n) is 5.04. The fraction of sp³-hybridized carbons (Fsp3) is 1.00. The van der Waals surface area contributed by atoms with Crippen LogP contribution in [0.3, 0.4) is 0 Å². The van der Waals surface area contributed by atoms with Crippen molar-refractivity contribution in [3.8, 4) is 0 Å². The van der Waals surface area contributed by atoms with Crippen molar-refractivity contribution >= 4 is 0 Å². The van der Waals surface area contributed by atoms with Crippen LogP contribution in [-0.4, -0.2) is 48.6 Å². The van der Waals surface area contributed by atoms with Gasteiger partial charge in [-0.05, 0) is 64.2 Å². The maximum Gasteiger partial charge on any atom is 0.00643 e. The molecule has 94 valence electrons. The van der Waals surface area contributed by atoms with Gasteiger partial charge < -0.3 is 9.80 Å². The van der Waals surface area contributed by atoms with Crippen LogP contribution in [0.1, 0.15) is 46.5 Å². The maximum atomic E-state index is 2.69. The molecule has 2 aliphatic heterocycles. The lowest BCUT2D eigenvalue weighted by Crippen LogP contribution is -2.45. The molecule has 0 radical (unpaired) electrons. The van der Waals surface area contributed by atoms with E-state index in [1.165, 1.54) is 58.4 Å². The highest BCUT2D eigenvalue weighted by atomic mass is 15.2. The molecule has 2 heteroatoms. The normalized spacial score (nSPS) is 28.7. The molecular formula is C14H28N2. The summed E-state index contributed by atoms with van der Waals surface area (Å²) in [6.45, 7) is 13.6. The Labute approximate surface area is 101 Å². The van der Waals surface area contributed by atoms with E-state index >= 15 is 0 Å². The first-order valence-corrected chi connectivity index (χ1v) is 7.15.